The van der Waals surface area contributed by atoms with Crippen molar-refractivity contribution in [3.05, 3.63) is 83.7 Å². The fourth-order valence-corrected chi connectivity index (χ4v) is 3.99. The van der Waals surface area contributed by atoms with Crippen molar-refractivity contribution in [2.45, 2.75) is 23.8 Å². The van der Waals surface area contributed by atoms with Crippen molar-refractivity contribution in [3.8, 4) is 0 Å². The van der Waals surface area contributed by atoms with Gasteiger partial charge >= 0.3 is 0 Å². The van der Waals surface area contributed by atoms with Gasteiger partial charge in [-0.15, -0.1) is 0 Å². The fraction of sp³-hybridized carbons (Fsp3) is 0.250. The summed E-state index contributed by atoms with van der Waals surface area (Å²) < 4.78 is 28.8. The summed E-state index contributed by atoms with van der Waals surface area (Å²) in [6.45, 7) is 0.744. The number of hydrogen-bond donors (Lipinski definition) is 2. The van der Waals surface area contributed by atoms with Crippen LogP contribution in [0.4, 0.5) is 0 Å². The van der Waals surface area contributed by atoms with E-state index in [-0.39, 0.29) is 17.4 Å². The zero-order chi connectivity index (χ0) is 19.3. The number of benzene rings is 2. The summed E-state index contributed by atoms with van der Waals surface area (Å²) in [4.78, 5) is 0.157. The van der Waals surface area contributed by atoms with Crippen LogP contribution in [-0.2, 0) is 30.0 Å². The van der Waals surface area contributed by atoms with Crippen LogP contribution in [0, 0.1) is 0 Å². The summed E-state index contributed by atoms with van der Waals surface area (Å²) in [7, 11) is -1.90. The zero-order valence-electron chi connectivity index (χ0n) is 15.2. The molecule has 0 radical (unpaired) electrons. The van der Waals surface area contributed by atoms with Gasteiger partial charge in [0, 0.05) is 25.7 Å². The molecule has 7 heteroatoms. The Morgan fingerprint density at radius 1 is 1.11 bits per heavy atom. The van der Waals surface area contributed by atoms with Crippen molar-refractivity contribution in [2.75, 3.05) is 6.54 Å². The lowest BCUT2D eigenvalue weighted by molar-refractivity contribution is 0.581. The molecule has 0 amide bonds. The van der Waals surface area contributed by atoms with Gasteiger partial charge in [0.1, 0.15) is 4.90 Å². The highest BCUT2D eigenvalue weighted by Crippen LogP contribution is 2.21. The Bertz CT molecular complexity index is 984. The number of nitrogens with two attached hydrogens (primary N) is 1. The molecular formula is C20H24N4O2S. The molecule has 0 aliphatic heterocycles. The summed E-state index contributed by atoms with van der Waals surface area (Å²) >= 11 is 0. The van der Waals surface area contributed by atoms with Crippen LogP contribution < -0.4 is 10.5 Å². The SMILES string of the molecule is Cn1cc(S(=O)(=O)NCc2cccc(C(CN)Cc3ccccc3)c2)cn1. The molecule has 3 rings (SSSR count). The average Bonchev–Trinajstić information content (AvgIpc) is 3.13. The van der Waals surface area contributed by atoms with Crippen molar-refractivity contribution in [2.24, 2.45) is 12.8 Å². The van der Waals surface area contributed by atoms with E-state index in [1.807, 2.05) is 42.5 Å². The molecule has 0 saturated carbocycles. The van der Waals surface area contributed by atoms with Gasteiger partial charge in [-0.1, -0.05) is 54.6 Å². The van der Waals surface area contributed by atoms with E-state index in [2.05, 4.69) is 22.0 Å². The van der Waals surface area contributed by atoms with Crippen molar-refractivity contribution in [1.82, 2.24) is 14.5 Å². The van der Waals surface area contributed by atoms with Crippen LogP contribution in [0.3, 0.4) is 0 Å². The molecule has 0 fully saturated rings. The number of nitrogens with zero attached hydrogens (tertiary/aromatic N) is 2. The molecule has 0 saturated heterocycles. The van der Waals surface area contributed by atoms with Gasteiger partial charge < -0.3 is 5.73 Å². The summed E-state index contributed by atoms with van der Waals surface area (Å²) in [6, 6.07) is 18.1. The molecule has 1 atom stereocenters. The van der Waals surface area contributed by atoms with Gasteiger partial charge in [-0.3, -0.25) is 4.68 Å². The van der Waals surface area contributed by atoms with Crippen LogP contribution in [-0.4, -0.2) is 24.7 Å². The largest absolute Gasteiger partial charge is 0.330 e. The Morgan fingerprint density at radius 3 is 2.52 bits per heavy atom. The second-order valence-electron chi connectivity index (χ2n) is 6.54. The first-order valence-electron chi connectivity index (χ1n) is 8.79. The molecular weight excluding hydrogens is 360 g/mol. The fourth-order valence-electron chi connectivity index (χ4n) is 2.99. The minimum atomic E-state index is -3.58. The maximum atomic E-state index is 12.4. The maximum absolute atomic E-state index is 12.4. The molecule has 0 aliphatic rings. The second-order valence-corrected chi connectivity index (χ2v) is 8.31. The molecule has 2 aromatic carbocycles. The van der Waals surface area contributed by atoms with Crippen LogP contribution in [0.1, 0.15) is 22.6 Å². The molecule has 0 bridgehead atoms. The van der Waals surface area contributed by atoms with E-state index >= 15 is 0 Å². The molecule has 6 nitrogen and oxygen atoms in total. The molecule has 0 spiro atoms. The van der Waals surface area contributed by atoms with Gasteiger partial charge in [0.15, 0.2) is 0 Å². The minimum absolute atomic E-state index is 0.157. The topological polar surface area (TPSA) is 90.0 Å². The van der Waals surface area contributed by atoms with Crippen molar-refractivity contribution in [1.29, 1.82) is 0 Å². The van der Waals surface area contributed by atoms with Crippen LogP contribution in [0.25, 0.3) is 0 Å². The molecule has 1 heterocycles. The summed E-state index contributed by atoms with van der Waals surface area (Å²) in [6.07, 6.45) is 3.66. The first kappa shape index (κ1) is 19.3. The van der Waals surface area contributed by atoms with Crippen LogP contribution in [0.5, 0.6) is 0 Å². The normalized spacial score (nSPS) is 12.8. The van der Waals surface area contributed by atoms with Gasteiger partial charge in [0.05, 0.1) is 6.20 Å². The van der Waals surface area contributed by atoms with E-state index in [9.17, 15) is 8.42 Å². The van der Waals surface area contributed by atoms with E-state index < -0.39 is 10.0 Å². The quantitative estimate of drug-likeness (QED) is 0.623. The van der Waals surface area contributed by atoms with E-state index in [1.165, 1.54) is 22.6 Å². The third kappa shape index (κ3) is 5.03. The van der Waals surface area contributed by atoms with Crippen LogP contribution in [0.15, 0.2) is 71.9 Å². The highest BCUT2D eigenvalue weighted by Gasteiger charge is 2.16. The molecule has 1 unspecified atom stereocenters. The third-order valence-electron chi connectivity index (χ3n) is 4.49. The predicted octanol–water partition coefficient (Wildman–Crippen LogP) is 2.18. The van der Waals surface area contributed by atoms with Crippen molar-refractivity contribution in [3.63, 3.8) is 0 Å². The summed E-state index contributed by atoms with van der Waals surface area (Å²) in [5.74, 6) is 0.183. The van der Waals surface area contributed by atoms with Gasteiger partial charge in [-0.2, -0.15) is 5.10 Å². The smallest absolute Gasteiger partial charge is 0.243 e. The Kier molecular flexibility index (Phi) is 6.05. The molecule has 3 N–H and O–H groups in total. The summed E-state index contributed by atoms with van der Waals surface area (Å²) in [5, 5.41) is 3.91. The maximum Gasteiger partial charge on any atom is 0.243 e. The second kappa shape index (κ2) is 8.47. The summed E-state index contributed by atoms with van der Waals surface area (Å²) in [5.41, 5.74) is 9.24. The van der Waals surface area contributed by atoms with Crippen molar-refractivity contribution >= 4 is 10.0 Å². The number of aromatic nitrogens is 2. The number of nitrogens with one attached hydrogen (secondary N) is 1. The van der Waals surface area contributed by atoms with Gasteiger partial charge in [-0.05, 0) is 29.7 Å². The highest BCUT2D eigenvalue weighted by atomic mass is 32.2. The third-order valence-corrected chi connectivity index (χ3v) is 5.85. The average molecular weight is 385 g/mol. The highest BCUT2D eigenvalue weighted by molar-refractivity contribution is 7.89. The first-order chi connectivity index (χ1) is 13.0. The lowest BCUT2D eigenvalue weighted by Crippen LogP contribution is -2.23. The van der Waals surface area contributed by atoms with Gasteiger partial charge in [0.25, 0.3) is 0 Å². The lowest BCUT2D eigenvalue weighted by atomic mass is 9.91. The minimum Gasteiger partial charge on any atom is -0.330 e. The van der Waals surface area contributed by atoms with Gasteiger partial charge in [0.2, 0.25) is 10.0 Å². The zero-order valence-corrected chi connectivity index (χ0v) is 16.1. The Labute approximate surface area is 160 Å². The van der Waals surface area contributed by atoms with Crippen LogP contribution in [0.2, 0.25) is 0 Å². The molecule has 142 valence electrons. The number of rotatable bonds is 8. The molecule has 0 aliphatic carbocycles. The van der Waals surface area contributed by atoms with Gasteiger partial charge in [-0.25, -0.2) is 13.1 Å². The lowest BCUT2D eigenvalue weighted by Gasteiger charge is -2.16. The molecule has 27 heavy (non-hydrogen) atoms. The Morgan fingerprint density at radius 2 is 1.85 bits per heavy atom. The van der Waals surface area contributed by atoms with E-state index in [0.717, 1.165) is 17.5 Å². The Balaban J connectivity index is 1.71. The standard InChI is InChI=1S/C20H24N4O2S/c1-24-15-20(14-22-24)27(25,26)23-13-17-8-5-9-18(11-17)19(12-21)10-16-6-3-2-4-7-16/h2-9,11,14-15,19,23H,10,12-13,21H2,1H3. The number of sulfonamides is 1. The van der Waals surface area contributed by atoms with E-state index in [4.69, 9.17) is 5.73 Å². The molecule has 3 aromatic rings. The van der Waals surface area contributed by atoms with Crippen LogP contribution >= 0.6 is 0 Å². The number of hydrogen-bond acceptors (Lipinski definition) is 4. The van der Waals surface area contributed by atoms with E-state index in [0.29, 0.717) is 6.54 Å². The van der Waals surface area contributed by atoms with E-state index in [1.54, 1.807) is 7.05 Å². The number of aryl methyl sites for hydroxylation is 1. The predicted molar refractivity (Wildman–Crippen MR) is 106 cm³/mol. The first-order valence-corrected chi connectivity index (χ1v) is 10.3. The molecule has 1 aromatic heterocycles. The van der Waals surface area contributed by atoms with Crippen molar-refractivity contribution < 1.29 is 8.42 Å². The Hall–Kier alpha value is -2.48. The monoisotopic (exact) mass is 384 g/mol.